The molecule has 0 bridgehead atoms. The zero-order chi connectivity index (χ0) is 17.9. The van der Waals surface area contributed by atoms with Gasteiger partial charge in [-0.05, 0) is 37.5 Å². The van der Waals surface area contributed by atoms with Crippen molar-refractivity contribution in [3.8, 4) is 0 Å². The molecule has 1 atom stereocenters. The van der Waals surface area contributed by atoms with Crippen LogP contribution in [0.4, 0.5) is 11.8 Å². The average Bonchev–Trinajstić information content (AvgIpc) is 2.85. The lowest BCUT2D eigenvalue weighted by Crippen LogP contribution is -2.22. The number of anilines is 2. The number of nitrogens with zero attached hydrogens (tertiary/aromatic N) is 2. The highest BCUT2D eigenvalue weighted by molar-refractivity contribution is 7.91. The molecule has 2 aromatic rings. The average molecular weight is 381 g/mol. The fraction of sp³-hybridized carbons (Fsp3) is 0.412. The molecule has 6 nitrogen and oxygen atoms in total. The van der Waals surface area contributed by atoms with Crippen molar-refractivity contribution in [3.63, 3.8) is 0 Å². The van der Waals surface area contributed by atoms with E-state index in [0.717, 1.165) is 28.5 Å². The van der Waals surface area contributed by atoms with Gasteiger partial charge in [-0.1, -0.05) is 23.7 Å². The van der Waals surface area contributed by atoms with Crippen molar-refractivity contribution < 1.29 is 8.42 Å². The van der Waals surface area contributed by atoms with Crippen molar-refractivity contribution >= 4 is 33.2 Å². The SMILES string of the molecule is Cc1cc(NCCc2cccc(Cl)c2)nc(NC2CCS(=O)(=O)C2)n1. The van der Waals surface area contributed by atoms with E-state index in [1.807, 2.05) is 37.3 Å². The molecule has 2 N–H and O–H groups in total. The lowest BCUT2D eigenvalue weighted by atomic mass is 10.1. The maximum absolute atomic E-state index is 11.6. The summed E-state index contributed by atoms with van der Waals surface area (Å²) in [6.07, 6.45) is 1.42. The molecule has 1 aliphatic rings. The van der Waals surface area contributed by atoms with Crippen LogP contribution in [0.5, 0.6) is 0 Å². The predicted octanol–water partition coefficient (Wildman–Crippen LogP) is 2.69. The van der Waals surface area contributed by atoms with Gasteiger partial charge in [0.1, 0.15) is 5.82 Å². The summed E-state index contributed by atoms with van der Waals surface area (Å²) in [5.41, 5.74) is 1.98. The van der Waals surface area contributed by atoms with Crippen LogP contribution < -0.4 is 10.6 Å². The minimum absolute atomic E-state index is 0.119. The number of hydrogen-bond donors (Lipinski definition) is 2. The van der Waals surface area contributed by atoms with Crippen LogP contribution in [0.25, 0.3) is 0 Å². The molecular formula is C17H21ClN4O2S. The van der Waals surface area contributed by atoms with Crippen molar-refractivity contribution in [2.24, 2.45) is 0 Å². The molecule has 3 rings (SSSR count). The Labute approximate surface area is 153 Å². The van der Waals surface area contributed by atoms with Gasteiger partial charge >= 0.3 is 0 Å². The highest BCUT2D eigenvalue weighted by atomic mass is 35.5. The standard InChI is InChI=1S/C17H21ClN4O2S/c1-12-9-16(19-7-5-13-3-2-4-14(18)10-13)22-17(20-12)21-15-6-8-25(23,24)11-15/h2-4,9-10,15H,5-8,11H2,1H3,(H2,19,20,21,22). The highest BCUT2D eigenvalue weighted by Gasteiger charge is 2.28. The first kappa shape index (κ1) is 17.9. The van der Waals surface area contributed by atoms with E-state index in [0.29, 0.717) is 18.9 Å². The number of aromatic nitrogens is 2. The Balaban J connectivity index is 1.59. The van der Waals surface area contributed by atoms with E-state index >= 15 is 0 Å². The third kappa shape index (κ3) is 5.31. The summed E-state index contributed by atoms with van der Waals surface area (Å²) in [6.45, 7) is 2.61. The number of hydrogen-bond acceptors (Lipinski definition) is 6. The van der Waals surface area contributed by atoms with Gasteiger partial charge in [0, 0.05) is 29.4 Å². The van der Waals surface area contributed by atoms with Crippen LogP contribution in [-0.4, -0.2) is 42.5 Å². The lowest BCUT2D eigenvalue weighted by Gasteiger charge is -2.13. The minimum atomic E-state index is -2.93. The fourth-order valence-electron chi connectivity index (χ4n) is 2.84. The van der Waals surface area contributed by atoms with Gasteiger partial charge in [0.2, 0.25) is 5.95 Å². The summed E-state index contributed by atoms with van der Waals surface area (Å²) in [4.78, 5) is 8.79. The second-order valence-corrected chi connectivity index (χ2v) is 8.93. The number of benzene rings is 1. The van der Waals surface area contributed by atoms with Crippen LogP contribution in [-0.2, 0) is 16.3 Å². The number of aryl methyl sites for hydroxylation is 1. The maximum atomic E-state index is 11.6. The summed E-state index contributed by atoms with van der Waals surface area (Å²) in [5.74, 6) is 1.55. The smallest absolute Gasteiger partial charge is 0.225 e. The van der Waals surface area contributed by atoms with Crippen LogP contribution in [0.2, 0.25) is 5.02 Å². The van der Waals surface area contributed by atoms with E-state index in [1.165, 1.54) is 0 Å². The summed E-state index contributed by atoms with van der Waals surface area (Å²) >= 11 is 5.99. The molecule has 1 unspecified atom stereocenters. The van der Waals surface area contributed by atoms with Crippen molar-refractivity contribution in [2.45, 2.75) is 25.8 Å². The lowest BCUT2D eigenvalue weighted by molar-refractivity contribution is 0.602. The van der Waals surface area contributed by atoms with Crippen molar-refractivity contribution in [1.82, 2.24) is 9.97 Å². The molecule has 25 heavy (non-hydrogen) atoms. The number of rotatable bonds is 6. The Morgan fingerprint density at radius 3 is 2.84 bits per heavy atom. The van der Waals surface area contributed by atoms with Crippen molar-refractivity contribution in [2.75, 3.05) is 28.7 Å². The Bertz CT molecular complexity index is 857. The van der Waals surface area contributed by atoms with Gasteiger partial charge in [-0.3, -0.25) is 0 Å². The molecule has 0 aliphatic carbocycles. The molecule has 1 aromatic heterocycles. The molecule has 8 heteroatoms. The Morgan fingerprint density at radius 2 is 2.12 bits per heavy atom. The molecule has 134 valence electrons. The molecule has 1 fully saturated rings. The number of sulfone groups is 1. The van der Waals surface area contributed by atoms with E-state index in [2.05, 4.69) is 20.6 Å². The van der Waals surface area contributed by atoms with Crippen LogP contribution in [0, 0.1) is 6.92 Å². The van der Waals surface area contributed by atoms with E-state index in [4.69, 9.17) is 11.6 Å². The molecule has 0 amide bonds. The zero-order valence-corrected chi connectivity index (χ0v) is 15.6. The summed E-state index contributed by atoms with van der Waals surface area (Å²) in [5, 5.41) is 7.15. The van der Waals surface area contributed by atoms with Crippen LogP contribution in [0.15, 0.2) is 30.3 Å². The molecule has 1 aliphatic heterocycles. The summed E-state index contributed by atoms with van der Waals surface area (Å²) in [7, 11) is -2.93. The minimum Gasteiger partial charge on any atom is -0.370 e. The van der Waals surface area contributed by atoms with E-state index in [-0.39, 0.29) is 17.5 Å². The predicted molar refractivity (Wildman–Crippen MR) is 101 cm³/mol. The van der Waals surface area contributed by atoms with Crippen LogP contribution in [0.3, 0.4) is 0 Å². The van der Waals surface area contributed by atoms with Crippen molar-refractivity contribution in [1.29, 1.82) is 0 Å². The third-order valence-electron chi connectivity index (χ3n) is 4.03. The van der Waals surface area contributed by atoms with Gasteiger partial charge in [-0.15, -0.1) is 0 Å². The maximum Gasteiger partial charge on any atom is 0.225 e. The second-order valence-electron chi connectivity index (χ2n) is 6.27. The van der Waals surface area contributed by atoms with Crippen LogP contribution in [0.1, 0.15) is 17.7 Å². The normalized spacial score (nSPS) is 18.9. The Hall–Kier alpha value is -1.86. The van der Waals surface area contributed by atoms with E-state index in [9.17, 15) is 8.42 Å². The number of nitrogens with one attached hydrogen (secondary N) is 2. The van der Waals surface area contributed by atoms with Crippen molar-refractivity contribution in [3.05, 3.63) is 46.6 Å². The van der Waals surface area contributed by atoms with Gasteiger partial charge in [0.25, 0.3) is 0 Å². The third-order valence-corrected chi connectivity index (χ3v) is 6.03. The van der Waals surface area contributed by atoms with Gasteiger partial charge in [-0.2, -0.15) is 4.98 Å². The first-order valence-corrected chi connectivity index (χ1v) is 10.4. The zero-order valence-electron chi connectivity index (χ0n) is 14.0. The molecule has 0 saturated carbocycles. The second kappa shape index (κ2) is 7.58. The summed E-state index contributed by atoms with van der Waals surface area (Å²) in [6, 6.07) is 9.52. The first-order chi connectivity index (χ1) is 11.9. The first-order valence-electron chi connectivity index (χ1n) is 8.21. The van der Waals surface area contributed by atoms with Gasteiger partial charge in [0.15, 0.2) is 9.84 Å². The Kier molecular flexibility index (Phi) is 5.44. The monoisotopic (exact) mass is 380 g/mol. The summed E-state index contributed by atoms with van der Waals surface area (Å²) < 4.78 is 23.1. The molecular weight excluding hydrogens is 360 g/mol. The quantitative estimate of drug-likeness (QED) is 0.801. The van der Waals surface area contributed by atoms with Gasteiger partial charge in [0.05, 0.1) is 11.5 Å². The molecule has 1 saturated heterocycles. The number of halogens is 1. The topological polar surface area (TPSA) is 84.0 Å². The molecule has 0 spiro atoms. The molecule has 0 radical (unpaired) electrons. The Morgan fingerprint density at radius 1 is 1.28 bits per heavy atom. The van der Waals surface area contributed by atoms with E-state index < -0.39 is 9.84 Å². The largest absolute Gasteiger partial charge is 0.370 e. The highest BCUT2D eigenvalue weighted by Crippen LogP contribution is 2.17. The van der Waals surface area contributed by atoms with E-state index in [1.54, 1.807) is 0 Å². The molecule has 1 aromatic carbocycles. The molecule has 2 heterocycles. The van der Waals surface area contributed by atoms with Gasteiger partial charge < -0.3 is 10.6 Å². The van der Waals surface area contributed by atoms with Crippen LogP contribution >= 0.6 is 11.6 Å². The fourth-order valence-corrected chi connectivity index (χ4v) is 4.73. The van der Waals surface area contributed by atoms with Gasteiger partial charge in [-0.25, -0.2) is 13.4 Å².